The van der Waals surface area contributed by atoms with Gasteiger partial charge in [-0.05, 0) is 5.92 Å². The summed E-state index contributed by atoms with van der Waals surface area (Å²) < 4.78 is 0. The molecule has 0 N–H and O–H groups in total. The molecule has 2 rings (SSSR count). The highest BCUT2D eigenvalue weighted by Crippen LogP contribution is 2.20. The van der Waals surface area contributed by atoms with E-state index in [1.165, 1.54) is 11.3 Å². The van der Waals surface area contributed by atoms with E-state index in [0.29, 0.717) is 16.5 Å². The van der Waals surface area contributed by atoms with Crippen LogP contribution in [0.1, 0.15) is 40.8 Å². The molecule has 0 unspecified atom stereocenters. The van der Waals surface area contributed by atoms with Crippen molar-refractivity contribution in [2.75, 3.05) is 0 Å². The van der Waals surface area contributed by atoms with E-state index in [1.807, 2.05) is 35.7 Å². The van der Waals surface area contributed by atoms with Gasteiger partial charge in [0.2, 0.25) is 5.78 Å². The Kier molecular flexibility index (Phi) is 3.15. The molecule has 0 atom stereocenters. The highest BCUT2D eigenvalue weighted by molar-refractivity contribution is 7.12. The summed E-state index contributed by atoms with van der Waals surface area (Å²) in [5.74, 6) is 0.381. The molecule has 0 radical (unpaired) electrons. The first-order valence-corrected chi connectivity index (χ1v) is 6.11. The molecule has 1 heterocycles. The quantitative estimate of drug-likeness (QED) is 0.757. The Morgan fingerprint density at radius 2 is 1.94 bits per heavy atom. The zero-order valence-corrected chi connectivity index (χ0v) is 10.1. The number of nitrogens with zero attached hydrogens (tertiary/aromatic N) is 1. The van der Waals surface area contributed by atoms with Crippen LogP contribution in [0.5, 0.6) is 0 Å². The van der Waals surface area contributed by atoms with E-state index in [0.717, 1.165) is 5.69 Å². The Bertz CT molecular complexity index is 488. The first-order chi connectivity index (χ1) is 7.68. The van der Waals surface area contributed by atoms with Crippen LogP contribution in [0.3, 0.4) is 0 Å². The van der Waals surface area contributed by atoms with Crippen molar-refractivity contribution in [3.8, 4) is 0 Å². The van der Waals surface area contributed by atoms with Gasteiger partial charge in [0, 0.05) is 10.9 Å². The van der Waals surface area contributed by atoms with E-state index in [4.69, 9.17) is 0 Å². The van der Waals surface area contributed by atoms with Crippen LogP contribution in [0, 0.1) is 0 Å². The predicted octanol–water partition coefficient (Wildman–Crippen LogP) is 3.50. The van der Waals surface area contributed by atoms with Crippen molar-refractivity contribution in [1.82, 2.24) is 4.98 Å². The number of thiazole rings is 1. The molecule has 0 saturated heterocycles. The average molecular weight is 231 g/mol. The van der Waals surface area contributed by atoms with Gasteiger partial charge >= 0.3 is 0 Å². The molecular weight excluding hydrogens is 218 g/mol. The predicted molar refractivity (Wildman–Crippen MR) is 66.1 cm³/mol. The van der Waals surface area contributed by atoms with E-state index >= 15 is 0 Å². The molecule has 0 aliphatic heterocycles. The van der Waals surface area contributed by atoms with Crippen LogP contribution in [0.4, 0.5) is 0 Å². The summed E-state index contributed by atoms with van der Waals surface area (Å²) in [6.07, 6.45) is 0. The summed E-state index contributed by atoms with van der Waals surface area (Å²) in [7, 11) is 0. The summed E-state index contributed by atoms with van der Waals surface area (Å²) in [5, 5.41) is 2.54. The molecule has 2 aromatic rings. The van der Waals surface area contributed by atoms with Crippen LogP contribution < -0.4 is 0 Å². The van der Waals surface area contributed by atoms with E-state index in [9.17, 15) is 4.79 Å². The SMILES string of the molecule is CC(C)c1csc(C(=O)c2ccccc2)n1. The summed E-state index contributed by atoms with van der Waals surface area (Å²) in [6, 6.07) is 9.27. The third-order valence-electron chi connectivity index (χ3n) is 2.34. The second-order valence-corrected chi connectivity index (χ2v) is 4.79. The molecule has 1 aromatic heterocycles. The lowest BCUT2D eigenvalue weighted by Crippen LogP contribution is -2.00. The van der Waals surface area contributed by atoms with Crippen molar-refractivity contribution in [3.05, 3.63) is 52.0 Å². The number of carbonyl (C=O) groups excluding carboxylic acids is 1. The van der Waals surface area contributed by atoms with Crippen molar-refractivity contribution in [1.29, 1.82) is 0 Å². The van der Waals surface area contributed by atoms with Crippen molar-refractivity contribution in [2.24, 2.45) is 0 Å². The fourth-order valence-electron chi connectivity index (χ4n) is 1.37. The van der Waals surface area contributed by atoms with Gasteiger partial charge in [-0.2, -0.15) is 0 Å². The van der Waals surface area contributed by atoms with Crippen LogP contribution in [0.15, 0.2) is 35.7 Å². The second-order valence-electron chi connectivity index (χ2n) is 3.93. The number of benzene rings is 1. The van der Waals surface area contributed by atoms with Crippen molar-refractivity contribution in [2.45, 2.75) is 19.8 Å². The van der Waals surface area contributed by atoms with Crippen molar-refractivity contribution >= 4 is 17.1 Å². The molecule has 0 aliphatic rings. The molecule has 0 bridgehead atoms. The zero-order valence-electron chi connectivity index (χ0n) is 9.31. The summed E-state index contributed by atoms with van der Waals surface area (Å²) in [5.41, 5.74) is 1.69. The first kappa shape index (κ1) is 11.0. The van der Waals surface area contributed by atoms with Crippen LogP contribution >= 0.6 is 11.3 Å². The highest BCUT2D eigenvalue weighted by Gasteiger charge is 2.14. The van der Waals surface area contributed by atoms with Gasteiger partial charge in [0.05, 0.1) is 5.69 Å². The van der Waals surface area contributed by atoms with Crippen LogP contribution in [-0.4, -0.2) is 10.8 Å². The summed E-state index contributed by atoms with van der Waals surface area (Å²) in [6.45, 7) is 4.15. The maximum Gasteiger partial charge on any atom is 0.221 e. The Labute approximate surface area is 99.0 Å². The smallest absolute Gasteiger partial charge is 0.221 e. The number of hydrogen-bond donors (Lipinski definition) is 0. The van der Waals surface area contributed by atoms with E-state index in [-0.39, 0.29) is 5.78 Å². The molecule has 82 valence electrons. The topological polar surface area (TPSA) is 30.0 Å². The van der Waals surface area contributed by atoms with E-state index in [1.54, 1.807) is 0 Å². The van der Waals surface area contributed by atoms with E-state index < -0.39 is 0 Å². The lowest BCUT2D eigenvalue weighted by atomic mass is 10.1. The van der Waals surface area contributed by atoms with Gasteiger partial charge in [-0.1, -0.05) is 44.2 Å². The van der Waals surface area contributed by atoms with Gasteiger partial charge in [-0.25, -0.2) is 4.98 Å². The summed E-state index contributed by atoms with van der Waals surface area (Å²) in [4.78, 5) is 16.4. The van der Waals surface area contributed by atoms with Gasteiger partial charge in [-0.15, -0.1) is 11.3 Å². The number of aromatic nitrogens is 1. The van der Waals surface area contributed by atoms with E-state index in [2.05, 4.69) is 18.8 Å². The number of rotatable bonds is 3. The maximum absolute atomic E-state index is 12.0. The molecule has 0 saturated carbocycles. The molecule has 16 heavy (non-hydrogen) atoms. The summed E-state index contributed by atoms with van der Waals surface area (Å²) >= 11 is 1.42. The fourth-order valence-corrected chi connectivity index (χ4v) is 2.31. The van der Waals surface area contributed by atoms with Crippen molar-refractivity contribution in [3.63, 3.8) is 0 Å². The molecule has 0 spiro atoms. The molecule has 0 fully saturated rings. The van der Waals surface area contributed by atoms with Crippen molar-refractivity contribution < 1.29 is 4.79 Å². The Morgan fingerprint density at radius 1 is 1.25 bits per heavy atom. The maximum atomic E-state index is 12.0. The van der Waals surface area contributed by atoms with Crippen LogP contribution in [0.25, 0.3) is 0 Å². The van der Waals surface area contributed by atoms with Gasteiger partial charge in [-0.3, -0.25) is 4.79 Å². The van der Waals surface area contributed by atoms with Gasteiger partial charge in [0.25, 0.3) is 0 Å². The number of ketones is 1. The second kappa shape index (κ2) is 4.58. The zero-order chi connectivity index (χ0) is 11.5. The molecule has 1 aromatic carbocycles. The van der Waals surface area contributed by atoms with Gasteiger partial charge < -0.3 is 0 Å². The highest BCUT2D eigenvalue weighted by atomic mass is 32.1. The third kappa shape index (κ3) is 2.19. The minimum atomic E-state index is 0.0116. The Morgan fingerprint density at radius 3 is 2.50 bits per heavy atom. The Balaban J connectivity index is 2.28. The molecule has 2 nitrogen and oxygen atoms in total. The standard InChI is InChI=1S/C13H13NOS/c1-9(2)11-8-16-13(14-11)12(15)10-6-4-3-5-7-10/h3-9H,1-2H3. The largest absolute Gasteiger partial charge is 0.286 e. The monoisotopic (exact) mass is 231 g/mol. The molecular formula is C13H13NOS. The molecule has 0 aliphatic carbocycles. The molecule has 3 heteroatoms. The lowest BCUT2D eigenvalue weighted by Gasteiger charge is -1.98. The van der Waals surface area contributed by atoms with Crippen LogP contribution in [-0.2, 0) is 0 Å². The third-order valence-corrected chi connectivity index (χ3v) is 3.20. The molecule has 0 amide bonds. The van der Waals surface area contributed by atoms with Gasteiger partial charge in [0.15, 0.2) is 5.01 Å². The first-order valence-electron chi connectivity index (χ1n) is 5.23. The average Bonchev–Trinajstić information content (AvgIpc) is 2.78. The number of hydrogen-bond acceptors (Lipinski definition) is 3. The lowest BCUT2D eigenvalue weighted by molar-refractivity contribution is 0.103. The Hall–Kier alpha value is -1.48. The van der Waals surface area contributed by atoms with Gasteiger partial charge in [0.1, 0.15) is 0 Å². The fraction of sp³-hybridized carbons (Fsp3) is 0.231. The minimum absolute atomic E-state index is 0.0116. The van der Waals surface area contributed by atoms with Crippen LogP contribution in [0.2, 0.25) is 0 Å². The number of carbonyl (C=O) groups is 1. The minimum Gasteiger partial charge on any atom is -0.286 e. The normalized spacial score (nSPS) is 10.7.